The SMILES string of the molecule is C[C@H]1CCCN1c1ncc(-c2cccc(N)n2)cn1.C[C@H]1CCCN1c1ncc(-c2cccc(NC(=O)Cn3cnc4c3c(=O)n(C)c(=O)n4C)n2)cn1.Cn1c(=O)c2c(ncn2CC(=O)O)n(C)c1=O. The molecule has 1 amide bonds. The number of nitrogen functional groups attached to an aromatic ring is 1. The summed E-state index contributed by atoms with van der Waals surface area (Å²) in [6, 6.07) is 11.8. The van der Waals surface area contributed by atoms with Crippen molar-refractivity contribution in [3.8, 4) is 22.5 Å². The van der Waals surface area contributed by atoms with Crippen molar-refractivity contribution in [1.82, 2.24) is 67.3 Å². The molecule has 0 aliphatic carbocycles. The zero-order valence-corrected chi connectivity index (χ0v) is 39.9. The number of nitrogens with two attached hydrogens (primary N) is 1. The van der Waals surface area contributed by atoms with E-state index < -0.39 is 28.5 Å². The molecule has 8 aromatic rings. The number of nitrogens with one attached hydrogen (secondary N) is 1. The summed E-state index contributed by atoms with van der Waals surface area (Å²) in [5.41, 5.74) is 7.38. The predicted molar refractivity (Wildman–Crippen MR) is 264 cm³/mol. The van der Waals surface area contributed by atoms with Gasteiger partial charge in [0.15, 0.2) is 22.3 Å². The highest BCUT2D eigenvalue weighted by Gasteiger charge is 2.24. The number of nitrogens with zero attached hydrogens (tertiary/aromatic N) is 16. The second-order valence-electron chi connectivity index (χ2n) is 17.2. The van der Waals surface area contributed by atoms with Crippen molar-refractivity contribution in [3.63, 3.8) is 0 Å². The molecule has 2 aliphatic rings. The van der Waals surface area contributed by atoms with Crippen LogP contribution in [0, 0.1) is 0 Å². The maximum absolute atomic E-state index is 12.7. The summed E-state index contributed by atoms with van der Waals surface area (Å²) in [7, 11) is 5.72. The number of aliphatic carboxylic acids is 1. The zero-order valence-electron chi connectivity index (χ0n) is 39.9. The first-order valence-electron chi connectivity index (χ1n) is 22.6. The van der Waals surface area contributed by atoms with Crippen molar-refractivity contribution in [2.45, 2.75) is 64.7 Å². The van der Waals surface area contributed by atoms with Crippen molar-refractivity contribution in [1.29, 1.82) is 0 Å². The van der Waals surface area contributed by atoms with Crippen LogP contribution in [-0.4, -0.2) is 109 Å². The summed E-state index contributed by atoms with van der Waals surface area (Å²) >= 11 is 0. The van der Waals surface area contributed by atoms with Crippen LogP contribution in [0.25, 0.3) is 44.8 Å². The van der Waals surface area contributed by atoms with Crippen LogP contribution in [0.1, 0.15) is 39.5 Å². The number of aryl methyl sites for hydroxylation is 2. The normalized spacial score (nSPS) is 15.4. The van der Waals surface area contributed by atoms with E-state index in [2.05, 4.69) is 68.8 Å². The van der Waals surface area contributed by atoms with Crippen LogP contribution in [0.3, 0.4) is 0 Å². The summed E-state index contributed by atoms with van der Waals surface area (Å²) in [6.07, 6.45) is 14.4. The van der Waals surface area contributed by atoms with Crippen molar-refractivity contribution < 1.29 is 14.7 Å². The van der Waals surface area contributed by atoms with E-state index in [4.69, 9.17) is 10.8 Å². The van der Waals surface area contributed by atoms with E-state index in [1.54, 1.807) is 30.6 Å². The summed E-state index contributed by atoms with van der Waals surface area (Å²) in [4.78, 5) is 111. The van der Waals surface area contributed by atoms with Crippen LogP contribution in [-0.2, 0) is 50.9 Å². The number of carboxylic acid groups (broad SMARTS) is 1. The van der Waals surface area contributed by atoms with E-state index >= 15 is 0 Å². The number of aromatic nitrogens is 14. The van der Waals surface area contributed by atoms with Crippen LogP contribution < -0.4 is 43.3 Å². The second kappa shape index (κ2) is 20.4. The van der Waals surface area contributed by atoms with Gasteiger partial charge in [0.1, 0.15) is 24.7 Å². The number of pyridine rings is 2. The maximum atomic E-state index is 12.7. The molecule has 0 unspecified atom stereocenters. The average Bonchev–Trinajstić information content (AvgIpc) is 4.19. The topological polar surface area (TPSA) is 300 Å². The van der Waals surface area contributed by atoms with Crippen LogP contribution in [0.15, 0.2) is 93.0 Å². The van der Waals surface area contributed by atoms with Gasteiger partial charge < -0.3 is 35.1 Å². The van der Waals surface area contributed by atoms with Crippen LogP contribution >= 0.6 is 0 Å². The van der Waals surface area contributed by atoms with Gasteiger partial charge in [-0.1, -0.05) is 12.1 Å². The number of carbonyl (C=O) groups excluding carboxylic acids is 1. The molecule has 0 radical (unpaired) electrons. The first-order valence-corrected chi connectivity index (χ1v) is 22.6. The molecule has 25 heteroatoms. The Labute approximate surface area is 403 Å². The lowest BCUT2D eigenvalue weighted by Crippen LogP contribution is -2.37. The van der Waals surface area contributed by atoms with Gasteiger partial charge in [0.05, 0.1) is 24.0 Å². The molecule has 71 heavy (non-hydrogen) atoms. The highest BCUT2D eigenvalue weighted by Crippen LogP contribution is 2.25. The van der Waals surface area contributed by atoms with E-state index in [9.17, 15) is 28.8 Å². The van der Waals surface area contributed by atoms with Crippen LogP contribution in [0.2, 0.25) is 0 Å². The molecular weight excluding hydrogens is 917 g/mol. The molecule has 25 nitrogen and oxygen atoms in total. The average molecular weight is 969 g/mol. The number of imidazole rings is 2. The molecule has 10 rings (SSSR count). The molecule has 2 fully saturated rings. The molecule has 0 spiro atoms. The smallest absolute Gasteiger partial charge is 0.332 e. The van der Waals surface area contributed by atoms with Crippen molar-refractivity contribution in [2.75, 3.05) is 33.9 Å². The zero-order chi connectivity index (χ0) is 50.7. The molecule has 0 bridgehead atoms. The van der Waals surface area contributed by atoms with E-state index in [0.717, 1.165) is 57.8 Å². The molecule has 10 heterocycles. The van der Waals surface area contributed by atoms with Gasteiger partial charge in [-0.2, -0.15) is 0 Å². The van der Waals surface area contributed by atoms with E-state index in [1.165, 1.54) is 72.0 Å². The number of anilines is 4. The molecule has 0 aromatic carbocycles. The third kappa shape index (κ3) is 10.1. The number of rotatable bonds is 9. The lowest BCUT2D eigenvalue weighted by atomic mass is 10.2. The van der Waals surface area contributed by atoms with Gasteiger partial charge in [0.2, 0.25) is 17.8 Å². The Bertz CT molecular complexity index is 3520. The number of hydrogen-bond acceptors (Lipinski definition) is 17. The minimum Gasteiger partial charge on any atom is -0.480 e. The number of hydrogen-bond donors (Lipinski definition) is 3. The summed E-state index contributed by atoms with van der Waals surface area (Å²) in [6.45, 7) is 5.84. The molecule has 2 aliphatic heterocycles. The van der Waals surface area contributed by atoms with Crippen LogP contribution in [0.5, 0.6) is 0 Å². The lowest BCUT2D eigenvalue weighted by molar-refractivity contribution is -0.137. The predicted octanol–water partition coefficient (Wildman–Crippen LogP) is 1.54. The van der Waals surface area contributed by atoms with Crippen LogP contribution in [0.4, 0.5) is 23.5 Å². The summed E-state index contributed by atoms with van der Waals surface area (Å²) in [5.74, 6) is 0.904. The van der Waals surface area contributed by atoms with E-state index in [-0.39, 0.29) is 41.3 Å². The molecule has 0 saturated carbocycles. The fraction of sp³-hybridized carbons (Fsp3) is 0.348. The third-order valence-corrected chi connectivity index (χ3v) is 12.3. The minimum atomic E-state index is -1.08. The Morgan fingerprint density at radius 2 is 1.08 bits per heavy atom. The number of amides is 1. The monoisotopic (exact) mass is 968 g/mol. The highest BCUT2D eigenvalue weighted by atomic mass is 16.4. The molecule has 2 saturated heterocycles. The van der Waals surface area contributed by atoms with Crippen molar-refractivity contribution in [2.24, 2.45) is 28.2 Å². The highest BCUT2D eigenvalue weighted by molar-refractivity contribution is 5.90. The Balaban J connectivity index is 0.000000158. The fourth-order valence-electron chi connectivity index (χ4n) is 8.46. The van der Waals surface area contributed by atoms with Gasteiger partial charge in [-0.25, -0.2) is 49.5 Å². The maximum Gasteiger partial charge on any atom is 0.332 e. The van der Waals surface area contributed by atoms with E-state index in [1.807, 2.05) is 30.6 Å². The second-order valence-corrected chi connectivity index (χ2v) is 17.2. The standard InChI is InChI=1S/C23H25N9O3.C14H17N5.C9H10N4O4/c1-14-6-5-9-32(14)22-24-10-15(11-25-22)16-7-4-8-17(27-16)28-18(33)12-31-13-26-20-19(31)21(34)30(3)23(35)29(20)2;1-10-4-3-7-19(10)14-16-8-11(9-17-14)12-5-2-6-13(15)18-12;1-11-7-6(8(16)12(2)9(11)17)13(4-10-7)3-5(14)15/h4,7-8,10-11,13-14H,5-6,9,12H2,1-3H3,(H,27,28,33);2,5-6,8-10H,3-4,7H2,1H3,(H2,15,18);4H,3H2,1-2H3,(H,14,15)/t14-;10-;/m00./s1. The first-order chi connectivity index (χ1) is 34.0. The molecule has 4 N–H and O–H groups in total. The molecule has 8 aromatic heterocycles. The molecular formula is C46H52N18O7. The van der Waals surface area contributed by atoms with Gasteiger partial charge in [-0.3, -0.25) is 37.4 Å². The van der Waals surface area contributed by atoms with Crippen molar-refractivity contribution >= 4 is 57.7 Å². The number of fused-ring (bicyclic) bond motifs is 2. The van der Waals surface area contributed by atoms with Gasteiger partial charge in [0, 0.05) is 89.3 Å². The van der Waals surface area contributed by atoms with Gasteiger partial charge >= 0.3 is 17.3 Å². The quantitative estimate of drug-likeness (QED) is 0.185. The van der Waals surface area contributed by atoms with E-state index in [0.29, 0.717) is 35.4 Å². The summed E-state index contributed by atoms with van der Waals surface area (Å²) in [5, 5.41) is 11.5. The first kappa shape index (κ1) is 48.6. The Kier molecular flexibility index (Phi) is 13.9. The Morgan fingerprint density at radius 3 is 1.52 bits per heavy atom. The fourth-order valence-corrected chi connectivity index (χ4v) is 8.46. The van der Waals surface area contributed by atoms with Crippen molar-refractivity contribution in [3.05, 3.63) is 116 Å². The van der Waals surface area contributed by atoms with Gasteiger partial charge in [-0.15, -0.1) is 0 Å². The Morgan fingerprint density at radius 1 is 0.634 bits per heavy atom. The largest absolute Gasteiger partial charge is 0.480 e. The summed E-state index contributed by atoms with van der Waals surface area (Å²) < 4.78 is 7.01. The third-order valence-electron chi connectivity index (χ3n) is 12.3. The molecule has 368 valence electrons. The number of carboxylic acids is 1. The van der Waals surface area contributed by atoms with Gasteiger partial charge in [-0.05, 0) is 63.8 Å². The minimum absolute atomic E-state index is 0.108. The number of carbonyl (C=O) groups is 2. The molecule has 2 atom stereocenters. The lowest BCUT2D eigenvalue weighted by Gasteiger charge is -2.20. The van der Waals surface area contributed by atoms with Gasteiger partial charge in [0.25, 0.3) is 11.1 Å². The Hall–Kier alpha value is -8.90.